The van der Waals surface area contributed by atoms with Crippen LogP contribution in [0.5, 0.6) is 0 Å². The maximum Gasteiger partial charge on any atom is 0.251 e. The highest BCUT2D eigenvalue weighted by Gasteiger charge is 2.16. The molecule has 1 aromatic carbocycles. The van der Waals surface area contributed by atoms with E-state index in [9.17, 15) is 4.79 Å². The van der Waals surface area contributed by atoms with E-state index < -0.39 is 0 Å². The number of hydrogen-bond acceptors (Lipinski definition) is 6. The number of tetrazole rings is 1. The molecule has 23 heavy (non-hydrogen) atoms. The molecule has 0 aliphatic heterocycles. The maximum atomic E-state index is 11.6. The van der Waals surface area contributed by atoms with Crippen molar-refractivity contribution in [3.8, 4) is 5.69 Å². The number of hydrogen-bond donors (Lipinski definition) is 1. The first-order chi connectivity index (χ1) is 11.0. The normalized spacial score (nSPS) is 12.3. The number of rotatable bonds is 4. The fourth-order valence-electron chi connectivity index (χ4n) is 2.11. The average Bonchev–Trinajstić information content (AvgIpc) is 2.95. The van der Waals surface area contributed by atoms with E-state index in [0.29, 0.717) is 16.7 Å². The number of aromatic nitrogens is 6. The van der Waals surface area contributed by atoms with E-state index in [4.69, 9.17) is 0 Å². The minimum atomic E-state index is -0.155. The average molecular weight is 328 g/mol. The van der Waals surface area contributed by atoms with Crippen LogP contribution in [0.4, 0.5) is 0 Å². The summed E-state index contributed by atoms with van der Waals surface area (Å²) < 4.78 is 1.68. The molecule has 0 amide bonds. The van der Waals surface area contributed by atoms with Gasteiger partial charge in [-0.05, 0) is 43.3 Å². The number of thioether (sulfide) groups is 1. The SMILES string of the molecule is Cc1ccc(-n2nnnc2S[C@@H](C)c2nc(C)cc(=O)[nH]2)cc1. The van der Waals surface area contributed by atoms with Crippen LogP contribution in [0.25, 0.3) is 5.69 Å². The number of aryl methyl sites for hydroxylation is 2. The van der Waals surface area contributed by atoms with E-state index in [1.54, 1.807) is 11.6 Å². The Morgan fingerprint density at radius 3 is 2.65 bits per heavy atom. The zero-order valence-corrected chi connectivity index (χ0v) is 13.8. The Morgan fingerprint density at radius 1 is 1.22 bits per heavy atom. The van der Waals surface area contributed by atoms with Crippen molar-refractivity contribution in [3.05, 3.63) is 57.8 Å². The summed E-state index contributed by atoms with van der Waals surface area (Å²) in [5, 5.41) is 12.4. The predicted octanol–water partition coefficient (Wildman–Crippen LogP) is 2.22. The van der Waals surface area contributed by atoms with E-state index in [0.717, 1.165) is 5.69 Å². The van der Waals surface area contributed by atoms with Gasteiger partial charge in [-0.1, -0.05) is 29.5 Å². The molecule has 118 valence electrons. The number of nitrogens with one attached hydrogen (secondary N) is 1. The summed E-state index contributed by atoms with van der Waals surface area (Å²) in [5.74, 6) is 0.610. The van der Waals surface area contributed by atoms with Crippen molar-refractivity contribution < 1.29 is 0 Å². The summed E-state index contributed by atoms with van der Waals surface area (Å²) in [5.41, 5.74) is 2.60. The van der Waals surface area contributed by atoms with Crippen LogP contribution in [-0.2, 0) is 0 Å². The molecular formula is C15H16N6OS. The Balaban J connectivity index is 1.87. The molecule has 2 aromatic heterocycles. The van der Waals surface area contributed by atoms with Gasteiger partial charge in [0.2, 0.25) is 5.16 Å². The molecule has 0 aliphatic rings. The second-order valence-electron chi connectivity index (χ2n) is 5.24. The zero-order valence-electron chi connectivity index (χ0n) is 13.0. The van der Waals surface area contributed by atoms with E-state index in [1.807, 2.05) is 38.1 Å². The van der Waals surface area contributed by atoms with Gasteiger partial charge in [-0.2, -0.15) is 4.68 Å². The van der Waals surface area contributed by atoms with Crippen molar-refractivity contribution in [1.29, 1.82) is 0 Å². The van der Waals surface area contributed by atoms with Crippen LogP contribution in [0.3, 0.4) is 0 Å². The van der Waals surface area contributed by atoms with Crippen LogP contribution in [-0.4, -0.2) is 30.2 Å². The molecule has 1 N–H and O–H groups in total. The van der Waals surface area contributed by atoms with Gasteiger partial charge in [0.1, 0.15) is 5.82 Å². The maximum absolute atomic E-state index is 11.6. The summed E-state index contributed by atoms with van der Waals surface area (Å²) in [7, 11) is 0. The quantitative estimate of drug-likeness (QED) is 0.739. The van der Waals surface area contributed by atoms with E-state index in [1.165, 1.54) is 23.4 Å². The molecule has 8 heteroatoms. The van der Waals surface area contributed by atoms with Crippen LogP contribution in [0.2, 0.25) is 0 Å². The summed E-state index contributed by atoms with van der Waals surface area (Å²) >= 11 is 1.44. The zero-order chi connectivity index (χ0) is 16.4. The smallest absolute Gasteiger partial charge is 0.251 e. The van der Waals surface area contributed by atoms with Crippen LogP contribution >= 0.6 is 11.8 Å². The third-order valence-corrected chi connectivity index (χ3v) is 4.32. The molecule has 2 heterocycles. The molecule has 0 saturated carbocycles. The molecule has 0 bridgehead atoms. The lowest BCUT2D eigenvalue weighted by atomic mass is 10.2. The highest BCUT2D eigenvalue weighted by atomic mass is 32.2. The van der Waals surface area contributed by atoms with Crippen LogP contribution < -0.4 is 5.56 Å². The third kappa shape index (κ3) is 3.48. The Hall–Kier alpha value is -2.48. The Morgan fingerprint density at radius 2 is 1.96 bits per heavy atom. The minimum Gasteiger partial charge on any atom is -0.310 e. The molecule has 0 fully saturated rings. The van der Waals surface area contributed by atoms with E-state index in [-0.39, 0.29) is 10.8 Å². The molecule has 0 unspecified atom stereocenters. The molecule has 0 aliphatic carbocycles. The lowest BCUT2D eigenvalue weighted by molar-refractivity contribution is 0.753. The highest BCUT2D eigenvalue weighted by molar-refractivity contribution is 7.99. The monoisotopic (exact) mass is 328 g/mol. The Bertz CT molecular complexity index is 870. The van der Waals surface area contributed by atoms with E-state index in [2.05, 4.69) is 25.5 Å². The number of H-pyrrole nitrogens is 1. The van der Waals surface area contributed by atoms with Crippen LogP contribution in [0, 0.1) is 13.8 Å². The second kappa shape index (κ2) is 6.33. The molecule has 0 saturated heterocycles. The van der Waals surface area contributed by atoms with Crippen molar-refractivity contribution in [2.75, 3.05) is 0 Å². The van der Waals surface area contributed by atoms with Crippen molar-refractivity contribution >= 4 is 11.8 Å². The van der Waals surface area contributed by atoms with Crippen molar-refractivity contribution in [3.63, 3.8) is 0 Å². The summed E-state index contributed by atoms with van der Waals surface area (Å²) in [6, 6.07) is 9.42. The Kier molecular flexibility index (Phi) is 4.24. The van der Waals surface area contributed by atoms with Gasteiger partial charge in [0, 0.05) is 11.8 Å². The van der Waals surface area contributed by atoms with Crippen LogP contribution in [0.1, 0.15) is 29.3 Å². The molecule has 3 rings (SSSR count). The first-order valence-electron chi connectivity index (χ1n) is 7.13. The molecule has 1 atom stereocenters. The molecule has 3 aromatic rings. The fraction of sp³-hybridized carbons (Fsp3) is 0.267. The van der Waals surface area contributed by atoms with Gasteiger partial charge in [-0.25, -0.2) is 4.98 Å². The Labute approximate surface area is 137 Å². The number of nitrogens with zero attached hydrogens (tertiary/aromatic N) is 5. The summed E-state index contributed by atoms with van der Waals surface area (Å²) in [4.78, 5) is 18.7. The highest BCUT2D eigenvalue weighted by Crippen LogP contribution is 2.31. The predicted molar refractivity (Wildman–Crippen MR) is 87.8 cm³/mol. The fourth-order valence-corrected chi connectivity index (χ4v) is 2.97. The van der Waals surface area contributed by atoms with Crippen molar-refractivity contribution in [2.24, 2.45) is 0 Å². The van der Waals surface area contributed by atoms with Gasteiger partial charge < -0.3 is 4.98 Å². The molecule has 7 nitrogen and oxygen atoms in total. The van der Waals surface area contributed by atoms with E-state index >= 15 is 0 Å². The second-order valence-corrected chi connectivity index (χ2v) is 6.55. The van der Waals surface area contributed by atoms with Gasteiger partial charge in [0.05, 0.1) is 10.9 Å². The third-order valence-electron chi connectivity index (χ3n) is 3.27. The molecular weight excluding hydrogens is 312 g/mol. The summed E-state index contributed by atoms with van der Waals surface area (Å²) in [6.45, 7) is 5.78. The number of benzene rings is 1. The van der Waals surface area contributed by atoms with Gasteiger partial charge >= 0.3 is 0 Å². The molecule has 0 spiro atoms. The van der Waals surface area contributed by atoms with Gasteiger partial charge in [-0.15, -0.1) is 5.10 Å². The van der Waals surface area contributed by atoms with Crippen molar-refractivity contribution in [2.45, 2.75) is 31.2 Å². The standard InChI is InChI=1S/C15H16N6OS/c1-9-4-6-12(7-5-9)21-15(18-19-20-21)23-11(3)14-16-10(2)8-13(22)17-14/h4-8,11H,1-3H3,(H,16,17,22)/t11-/m0/s1. The largest absolute Gasteiger partial charge is 0.310 e. The van der Waals surface area contributed by atoms with Crippen LogP contribution in [0.15, 0.2) is 40.3 Å². The summed E-state index contributed by atoms with van der Waals surface area (Å²) in [6.07, 6.45) is 0. The van der Waals surface area contributed by atoms with Gasteiger partial charge in [-0.3, -0.25) is 4.79 Å². The first-order valence-corrected chi connectivity index (χ1v) is 8.01. The first kappa shape index (κ1) is 15.4. The minimum absolute atomic E-state index is 0.0854. The topological polar surface area (TPSA) is 89.3 Å². The number of aromatic amines is 1. The van der Waals surface area contributed by atoms with Gasteiger partial charge in [0.15, 0.2) is 0 Å². The lowest BCUT2D eigenvalue weighted by Crippen LogP contribution is -2.12. The van der Waals surface area contributed by atoms with Gasteiger partial charge in [0.25, 0.3) is 5.56 Å². The van der Waals surface area contributed by atoms with Crippen molar-refractivity contribution in [1.82, 2.24) is 30.2 Å². The lowest BCUT2D eigenvalue weighted by Gasteiger charge is -2.10. The molecule has 0 radical (unpaired) electrons.